The molecule has 3 N–H and O–H groups in total. The molecule has 4 rings (SSSR count). The average Bonchev–Trinajstić information content (AvgIpc) is 2.89. The van der Waals surface area contributed by atoms with Crippen molar-refractivity contribution in [3.05, 3.63) is 29.7 Å². The number of nitrogens with zero attached hydrogens (tertiary/aromatic N) is 1. The molecule has 1 saturated carbocycles. The number of para-hydroxylation sites is 1. The van der Waals surface area contributed by atoms with Crippen molar-refractivity contribution in [3.8, 4) is 0 Å². The summed E-state index contributed by atoms with van der Waals surface area (Å²) in [4.78, 5) is 15.9. The molecule has 1 aliphatic carbocycles. The number of nitrogens with one attached hydrogen (secondary N) is 1. The summed E-state index contributed by atoms with van der Waals surface area (Å²) in [5.74, 6) is 1.23. The normalized spacial score (nSPS) is 29.2. The number of benzene rings is 1. The number of primary amides is 1. The van der Waals surface area contributed by atoms with Crippen molar-refractivity contribution in [1.82, 2.24) is 10.3 Å². The minimum Gasteiger partial charge on any atom is -0.440 e. The summed E-state index contributed by atoms with van der Waals surface area (Å²) in [7, 11) is 0. The molecule has 2 fully saturated rings. The van der Waals surface area contributed by atoms with E-state index in [1.54, 1.807) is 12.1 Å². The summed E-state index contributed by atoms with van der Waals surface area (Å²) < 4.78 is 5.84. The molecule has 1 aliphatic heterocycles. The molecule has 2 heterocycles. The summed E-state index contributed by atoms with van der Waals surface area (Å²) >= 11 is 0. The van der Waals surface area contributed by atoms with Crippen LogP contribution in [-0.2, 0) is 0 Å². The molecule has 0 radical (unpaired) electrons. The first-order chi connectivity index (χ1) is 9.24. The van der Waals surface area contributed by atoms with Gasteiger partial charge in [0.05, 0.1) is 11.5 Å². The minimum absolute atomic E-state index is 0.326. The van der Waals surface area contributed by atoms with E-state index in [2.05, 4.69) is 10.3 Å². The fraction of sp³-hybridized carbons (Fsp3) is 0.429. The van der Waals surface area contributed by atoms with E-state index in [-0.39, 0.29) is 0 Å². The Bertz CT molecular complexity index is 664. The van der Waals surface area contributed by atoms with Crippen LogP contribution in [0.4, 0.5) is 0 Å². The van der Waals surface area contributed by atoms with Gasteiger partial charge in [-0.2, -0.15) is 0 Å². The predicted octanol–water partition coefficient (Wildman–Crippen LogP) is 1.39. The number of nitrogens with two attached hydrogens (primary N) is 1. The van der Waals surface area contributed by atoms with Crippen LogP contribution in [0.5, 0.6) is 0 Å². The van der Waals surface area contributed by atoms with Crippen LogP contribution < -0.4 is 11.1 Å². The third-order valence-electron chi connectivity index (χ3n) is 4.46. The molecule has 5 heteroatoms. The quantitative estimate of drug-likeness (QED) is 0.852. The molecule has 3 unspecified atom stereocenters. The Kier molecular flexibility index (Phi) is 2.20. The molecule has 2 aromatic rings. The highest BCUT2D eigenvalue weighted by Crippen LogP contribution is 2.44. The summed E-state index contributed by atoms with van der Waals surface area (Å²) in [6.07, 6.45) is 2.47. The number of fused-ring (bicyclic) bond motifs is 2. The van der Waals surface area contributed by atoms with Crippen molar-refractivity contribution >= 4 is 17.0 Å². The largest absolute Gasteiger partial charge is 0.440 e. The van der Waals surface area contributed by atoms with Crippen molar-refractivity contribution in [2.45, 2.75) is 24.8 Å². The molecule has 19 heavy (non-hydrogen) atoms. The molecule has 5 nitrogen and oxygen atoms in total. The third-order valence-corrected chi connectivity index (χ3v) is 4.46. The maximum Gasteiger partial charge on any atom is 0.251 e. The minimum atomic E-state index is -0.462. The molecule has 98 valence electrons. The van der Waals surface area contributed by atoms with E-state index in [0.717, 1.165) is 12.4 Å². The lowest BCUT2D eigenvalue weighted by atomic mass is 9.75. The first kappa shape index (κ1) is 11.0. The van der Waals surface area contributed by atoms with Gasteiger partial charge in [0.2, 0.25) is 0 Å². The van der Waals surface area contributed by atoms with Crippen LogP contribution in [0.2, 0.25) is 0 Å². The van der Waals surface area contributed by atoms with Gasteiger partial charge in [-0.15, -0.1) is 0 Å². The van der Waals surface area contributed by atoms with Crippen LogP contribution in [0.25, 0.3) is 11.1 Å². The first-order valence-corrected chi connectivity index (χ1v) is 6.66. The molecular formula is C14H15N3O2. The van der Waals surface area contributed by atoms with Crippen molar-refractivity contribution in [2.24, 2.45) is 11.7 Å². The van der Waals surface area contributed by atoms with Crippen LogP contribution in [0.15, 0.2) is 22.6 Å². The second kappa shape index (κ2) is 3.81. The van der Waals surface area contributed by atoms with Crippen molar-refractivity contribution < 1.29 is 9.21 Å². The van der Waals surface area contributed by atoms with Gasteiger partial charge in [-0.25, -0.2) is 4.98 Å². The summed E-state index contributed by atoms with van der Waals surface area (Å²) in [6, 6.07) is 5.92. The number of oxazole rings is 1. The van der Waals surface area contributed by atoms with Crippen LogP contribution in [0, 0.1) is 5.92 Å². The Balaban J connectivity index is 1.79. The Morgan fingerprint density at radius 1 is 1.42 bits per heavy atom. The molecule has 0 bridgehead atoms. The number of carbonyl (C=O) groups is 1. The standard InChI is InChI=1S/C14H15N3O2/c15-13(18)8-2-1-3-11-12(8)17-14(19-11)9-6-16-10-5-4-7(9)10/h1-3,7,9-10,16H,4-6H2,(H2,15,18). The van der Waals surface area contributed by atoms with E-state index >= 15 is 0 Å². The second-order valence-corrected chi connectivity index (χ2v) is 5.43. The lowest BCUT2D eigenvalue weighted by Crippen LogP contribution is -2.36. The van der Waals surface area contributed by atoms with E-state index in [0.29, 0.717) is 34.5 Å². The van der Waals surface area contributed by atoms with Crippen LogP contribution >= 0.6 is 0 Å². The molecule has 3 atom stereocenters. The van der Waals surface area contributed by atoms with Gasteiger partial charge in [-0.05, 0) is 30.9 Å². The number of hydrogen-bond acceptors (Lipinski definition) is 4. The Morgan fingerprint density at radius 3 is 3.00 bits per heavy atom. The molecule has 1 aromatic heterocycles. The van der Waals surface area contributed by atoms with Gasteiger partial charge in [0.1, 0.15) is 5.52 Å². The second-order valence-electron chi connectivity index (χ2n) is 5.43. The van der Waals surface area contributed by atoms with Gasteiger partial charge < -0.3 is 15.5 Å². The molecular weight excluding hydrogens is 242 g/mol. The number of aromatic nitrogens is 1. The number of rotatable bonds is 2. The molecule has 1 saturated heterocycles. The van der Waals surface area contributed by atoms with E-state index in [4.69, 9.17) is 10.2 Å². The monoisotopic (exact) mass is 257 g/mol. The van der Waals surface area contributed by atoms with Crippen molar-refractivity contribution in [1.29, 1.82) is 0 Å². The van der Waals surface area contributed by atoms with Gasteiger partial charge in [0, 0.05) is 12.6 Å². The van der Waals surface area contributed by atoms with Gasteiger partial charge in [-0.1, -0.05) is 6.07 Å². The summed E-state index contributed by atoms with van der Waals surface area (Å²) in [6.45, 7) is 0.911. The Labute approximate surface area is 110 Å². The van der Waals surface area contributed by atoms with Crippen molar-refractivity contribution in [2.75, 3.05) is 6.54 Å². The lowest BCUT2D eigenvalue weighted by Gasteiger charge is -2.32. The third kappa shape index (κ3) is 1.51. The predicted molar refractivity (Wildman–Crippen MR) is 69.8 cm³/mol. The fourth-order valence-corrected chi connectivity index (χ4v) is 3.28. The highest BCUT2D eigenvalue weighted by molar-refractivity contribution is 6.03. The maximum absolute atomic E-state index is 11.4. The highest BCUT2D eigenvalue weighted by atomic mass is 16.3. The van der Waals surface area contributed by atoms with Crippen molar-refractivity contribution in [3.63, 3.8) is 0 Å². The lowest BCUT2D eigenvalue weighted by molar-refractivity contribution is 0.100. The van der Waals surface area contributed by atoms with E-state index in [9.17, 15) is 4.79 Å². The highest BCUT2D eigenvalue weighted by Gasteiger charge is 2.44. The van der Waals surface area contributed by atoms with Gasteiger partial charge in [0.25, 0.3) is 5.91 Å². The smallest absolute Gasteiger partial charge is 0.251 e. The zero-order valence-corrected chi connectivity index (χ0v) is 10.4. The zero-order valence-electron chi connectivity index (χ0n) is 10.4. The number of hydrogen-bond donors (Lipinski definition) is 2. The summed E-state index contributed by atoms with van der Waals surface area (Å²) in [5, 5.41) is 3.49. The number of carbonyl (C=O) groups excluding carboxylic acids is 1. The van der Waals surface area contributed by atoms with E-state index in [1.165, 1.54) is 12.8 Å². The molecule has 2 aliphatic rings. The van der Waals surface area contributed by atoms with Crippen LogP contribution in [0.1, 0.15) is 35.0 Å². The molecule has 1 amide bonds. The Hall–Kier alpha value is -1.88. The fourth-order valence-electron chi connectivity index (χ4n) is 3.28. The molecule has 0 spiro atoms. The zero-order chi connectivity index (χ0) is 13.0. The van der Waals surface area contributed by atoms with Gasteiger partial charge >= 0.3 is 0 Å². The van der Waals surface area contributed by atoms with E-state index < -0.39 is 5.91 Å². The van der Waals surface area contributed by atoms with Crippen LogP contribution in [-0.4, -0.2) is 23.5 Å². The number of amides is 1. The average molecular weight is 257 g/mol. The SMILES string of the molecule is NC(=O)c1cccc2oc(C3CNC4CCC43)nc12. The summed E-state index contributed by atoms with van der Waals surface area (Å²) in [5.41, 5.74) is 7.04. The Morgan fingerprint density at radius 2 is 2.32 bits per heavy atom. The molecule has 1 aromatic carbocycles. The van der Waals surface area contributed by atoms with Crippen LogP contribution in [0.3, 0.4) is 0 Å². The maximum atomic E-state index is 11.4. The van der Waals surface area contributed by atoms with Gasteiger partial charge in [0.15, 0.2) is 11.5 Å². The van der Waals surface area contributed by atoms with E-state index in [1.807, 2.05) is 6.07 Å². The van der Waals surface area contributed by atoms with Gasteiger partial charge in [-0.3, -0.25) is 4.79 Å². The first-order valence-electron chi connectivity index (χ1n) is 6.66. The topological polar surface area (TPSA) is 81.2 Å².